The van der Waals surface area contributed by atoms with Crippen LogP contribution in [0.5, 0.6) is 11.5 Å². The molecule has 0 spiro atoms. The van der Waals surface area contributed by atoms with E-state index in [1.54, 1.807) is 60.7 Å². The number of pyridine rings is 2. The third-order valence-corrected chi connectivity index (χ3v) is 8.71. The Kier molecular flexibility index (Phi) is 8.13. The summed E-state index contributed by atoms with van der Waals surface area (Å²) < 4.78 is 13.0. The van der Waals surface area contributed by atoms with Crippen molar-refractivity contribution in [2.45, 2.75) is 0 Å². The van der Waals surface area contributed by atoms with Gasteiger partial charge in [0.05, 0.1) is 42.5 Å². The number of hydrogen-bond acceptors (Lipinski definition) is 6. The molecule has 0 radical (unpaired) electrons. The van der Waals surface area contributed by atoms with Crippen LogP contribution in [0, 0.1) is 0 Å². The minimum atomic E-state index is -0.568. The van der Waals surface area contributed by atoms with Crippen molar-refractivity contribution in [2.75, 3.05) is 0 Å². The number of aromatic nitrogens is 2. The number of halogens is 2. The van der Waals surface area contributed by atoms with Crippen molar-refractivity contribution in [3.8, 4) is 34.0 Å². The number of carbonyl (C=O) groups excluding carboxylic acids is 2. The SMILES string of the molecule is O=C(Oc1ccccc1Br)c1cc(-c2ccccc2)nc2cc3nc(-c4ccccc4)cc(C(=O)Oc4ccccc4Br)c3cc12. The van der Waals surface area contributed by atoms with Gasteiger partial charge in [0.15, 0.2) is 0 Å². The Balaban J connectivity index is 1.46. The number of benzene rings is 5. The molecule has 8 heteroatoms. The summed E-state index contributed by atoms with van der Waals surface area (Å²) in [7, 11) is 0. The van der Waals surface area contributed by atoms with Crippen LogP contribution in [0.25, 0.3) is 44.3 Å². The number of hydrogen-bond donors (Lipinski definition) is 0. The summed E-state index contributed by atoms with van der Waals surface area (Å²) in [6.45, 7) is 0. The number of rotatable bonds is 6. The van der Waals surface area contributed by atoms with Crippen LogP contribution < -0.4 is 9.47 Å². The maximum absolute atomic E-state index is 13.9. The van der Waals surface area contributed by atoms with E-state index in [1.165, 1.54) is 0 Å². The number of nitrogens with zero attached hydrogens (tertiary/aromatic N) is 2. The van der Waals surface area contributed by atoms with Crippen LogP contribution in [-0.2, 0) is 0 Å². The Bertz CT molecular complexity index is 2120. The zero-order valence-electron chi connectivity index (χ0n) is 24.0. The van der Waals surface area contributed by atoms with Gasteiger partial charge in [-0.3, -0.25) is 0 Å². The van der Waals surface area contributed by atoms with Gasteiger partial charge in [-0.15, -0.1) is 0 Å². The first-order valence-electron chi connectivity index (χ1n) is 14.3. The predicted molar refractivity (Wildman–Crippen MR) is 186 cm³/mol. The molecule has 0 saturated carbocycles. The lowest BCUT2D eigenvalue weighted by Gasteiger charge is -2.14. The fourth-order valence-electron chi connectivity index (χ4n) is 5.16. The number of fused-ring (bicyclic) bond motifs is 2. The Morgan fingerprint density at radius 3 is 1.28 bits per heavy atom. The lowest BCUT2D eigenvalue weighted by molar-refractivity contribution is 0.0726. The molecule has 0 saturated heterocycles. The highest BCUT2D eigenvalue weighted by atomic mass is 79.9. The van der Waals surface area contributed by atoms with Crippen molar-refractivity contribution < 1.29 is 19.1 Å². The van der Waals surface area contributed by atoms with Gasteiger partial charge in [-0.2, -0.15) is 0 Å². The minimum Gasteiger partial charge on any atom is -0.422 e. The van der Waals surface area contributed by atoms with Crippen molar-refractivity contribution >= 4 is 65.6 Å². The number of ether oxygens (including phenoxy) is 2. The van der Waals surface area contributed by atoms with E-state index in [0.29, 0.717) is 64.8 Å². The fourth-order valence-corrected chi connectivity index (χ4v) is 5.89. The maximum atomic E-state index is 13.9. The molecule has 0 bridgehead atoms. The highest BCUT2D eigenvalue weighted by Crippen LogP contribution is 2.34. The zero-order chi connectivity index (χ0) is 31.6. The van der Waals surface area contributed by atoms with Crippen molar-refractivity contribution in [1.29, 1.82) is 0 Å². The largest absolute Gasteiger partial charge is 0.422 e. The Morgan fingerprint density at radius 2 is 0.870 bits per heavy atom. The van der Waals surface area contributed by atoms with Gasteiger partial charge in [0.2, 0.25) is 0 Å². The second kappa shape index (κ2) is 12.7. The van der Waals surface area contributed by atoms with Gasteiger partial charge in [-0.1, -0.05) is 84.9 Å². The second-order valence-corrected chi connectivity index (χ2v) is 12.1. The molecule has 0 amide bonds. The highest BCUT2D eigenvalue weighted by Gasteiger charge is 2.22. The van der Waals surface area contributed by atoms with Gasteiger partial charge in [0, 0.05) is 21.9 Å². The van der Waals surface area contributed by atoms with Crippen molar-refractivity contribution in [2.24, 2.45) is 0 Å². The molecule has 5 aromatic carbocycles. The van der Waals surface area contributed by atoms with E-state index in [4.69, 9.17) is 19.4 Å². The molecule has 2 heterocycles. The summed E-state index contributed by atoms with van der Waals surface area (Å²) in [5.41, 5.74) is 4.49. The highest BCUT2D eigenvalue weighted by molar-refractivity contribution is 9.10. The van der Waals surface area contributed by atoms with Gasteiger partial charge in [-0.05, 0) is 80.4 Å². The quantitative estimate of drug-likeness (QED) is 0.0963. The topological polar surface area (TPSA) is 78.4 Å². The number of esters is 2. The molecule has 0 aliphatic heterocycles. The molecule has 7 aromatic rings. The van der Waals surface area contributed by atoms with E-state index in [9.17, 15) is 9.59 Å². The summed E-state index contributed by atoms with van der Waals surface area (Å²) in [5.74, 6) is -0.373. The Morgan fingerprint density at radius 1 is 0.478 bits per heavy atom. The molecule has 7 rings (SSSR count). The molecular weight excluding hydrogens is 708 g/mol. The van der Waals surface area contributed by atoms with Gasteiger partial charge in [-0.25, -0.2) is 19.6 Å². The second-order valence-electron chi connectivity index (χ2n) is 10.4. The third-order valence-electron chi connectivity index (χ3n) is 7.40. The molecule has 0 aliphatic carbocycles. The van der Waals surface area contributed by atoms with E-state index in [2.05, 4.69) is 31.9 Å². The molecule has 0 fully saturated rings. The van der Waals surface area contributed by atoms with Crippen LogP contribution in [0.2, 0.25) is 0 Å². The average molecular weight is 730 g/mol. The maximum Gasteiger partial charge on any atom is 0.344 e. The molecule has 0 aliphatic rings. The minimum absolute atomic E-state index is 0.291. The molecule has 6 nitrogen and oxygen atoms in total. The molecule has 46 heavy (non-hydrogen) atoms. The average Bonchev–Trinajstić information content (AvgIpc) is 3.09. The summed E-state index contributed by atoms with van der Waals surface area (Å²) >= 11 is 6.92. The van der Waals surface area contributed by atoms with Crippen LogP contribution in [0.3, 0.4) is 0 Å². The zero-order valence-corrected chi connectivity index (χ0v) is 27.2. The van der Waals surface area contributed by atoms with Gasteiger partial charge in [0.25, 0.3) is 0 Å². The molecule has 0 unspecified atom stereocenters. The van der Waals surface area contributed by atoms with Gasteiger partial charge >= 0.3 is 11.9 Å². The van der Waals surface area contributed by atoms with Crippen molar-refractivity contribution in [3.05, 3.63) is 154 Å². The summed E-state index contributed by atoms with van der Waals surface area (Å²) in [6, 6.07) is 40.5. The number of para-hydroxylation sites is 2. The first-order chi connectivity index (χ1) is 22.4. The van der Waals surface area contributed by atoms with Gasteiger partial charge < -0.3 is 9.47 Å². The summed E-state index contributed by atoms with van der Waals surface area (Å²) in [6.07, 6.45) is 0. The van der Waals surface area contributed by atoms with E-state index >= 15 is 0 Å². The van der Waals surface area contributed by atoms with E-state index in [1.807, 2.05) is 72.8 Å². The molecule has 0 N–H and O–H groups in total. The van der Waals surface area contributed by atoms with Crippen molar-refractivity contribution in [1.82, 2.24) is 9.97 Å². The Hall–Kier alpha value is -5.18. The van der Waals surface area contributed by atoms with Crippen LogP contribution >= 0.6 is 31.9 Å². The first-order valence-corrected chi connectivity index (χ1v) is 15.9. The predicted octanol–water partition coefficient (Wildman–Crippen LogP) is 10.1. The van der Waals surface area contributed by atoms with Crippen LogP contribution in [0.15, 0.2) is 142 Å². The van der Waals surface area contributed by atoms with E-state index in [-0.39, 0.29) is 0 Å². The third kappa shape index (κ3) is 5.92. The number of carbonyl (C=O) groups is 2. The lowest BCUT2D eigenvalue weighted by Crippen LogP contribution is -2.12. The Labute approximate surface area is 280 Å². The first kappa shape index (κ1) is 29.5. The molecular formula is C38H22Br2N2O4. The van der Waals surface area contributed by atoms with Crippen LogP contribution in [0.4, 0.5) is 0 Å². The standard InChI is InChI=1S/C38H22Br2N2O4/c39-29-15-7-9-17-35(29)45-37(43)27-20-31(23-11-3-1-4-12-23)41-33-22-34-26(19-25(27)33)28(21-32(42-34)24-13-5-2-6-14-24)38(44)46-36-18-10-8-16-30(36)40/h1-22H. The summed E-state index contributed by atoms with van der Waals surface area (Å²) in [4.78, 5) is 37.6. The fraction of sp³-hybridized carbons (Fsp3) is 0. The molecule has 0 atom stereocenters. The normalized spacial score (nSPS) is 11.0. The van der Waals surface area contributed by atoms with Crippen molar-refractivity contribution in [3.63, 3.8) is 0 Å². The molecule has 2 aromatic heterocycles. The summed E-state index contributed by atoms with van der Waals surface area (Å²) in [5, 5.41) is 1.02. The molecule has 222 valence electrons. The smallest absolute Gasteiger partial charge is 0.344 e. The van der Waals surface area contributed by atoms with E-state index < -0.39 is 11.9 Å². The lowest BCUT2D eigenvalue weighted by atomic mass is 9.99. The van der Waals surface area contributed by atoms with Crippen LogP contribution in [-0.4, -0.2) is 21.9 Å². The van der Waals surface area contributed by atoms with Crippen LogP contribution in [0.1, 0.15) is 20.7 Å². The van der Waals surface area contributed by atoms with E-state index in [0.717, 1.165) is 11.1 Å². The monoisotopic (exact) mass is 728 g/mol. The van der Waals surface area contributed by atoms with Gasteiger partial charge in [0.1, 0.15) is 11.5 Å².